The molecule has 3 aromatic carbocycles. The summed E-state index contributed by atoms with van der Waals surface area (Å²) in [6, 6.07) is 21.7. The van der Waals surface area contributed by atoms with Crippen molar-refractivity contribution in [3.63, 3.8) is 0 Å². The highest BCUT2D eigenvalue weighted by Crippen LogP contribution is 2.37. The fraction of sp³-hybridized carbons (Fsp3) is 0.353. The minimum Gasteiger partial charge on any atom is -0.479 e. The molecule has 0 aliphatic heterocycles. The molecule has 40 heavy (non-hydrogen) atoms. The third-order valence-electron chi connectivity index (χ3n) is 7.97. The van der Waals surface area contributed by atoms with Gasteiger partial charge in [-0.05, 0) is 100 Å². The number of carboxylic acid groups (broad SMARTS) is 1. The highest BCUT2D eigenvalue weighted by molar-refractivity contribution is 5.99. The molecule has 0 fully saturated rings. The van der Waals surface area contributed by atoms with E-state index >= 15 is 0 Å². The lowest BCUT2D eigenvalue weighted by atomic mass is 9.93. The molecule has 0 aliphatic carbocycles. The first-order valence-corrected chi connectivity index (χ1v) is 13.8. The highest BCUT2D eigenvalue weighted by Gasteiger charge is 2.28. The van der Waals surface area contributed by atoms with Crippen LogP contribution in [-0.4, -0.2) is 27.7 Å². The lowest BCUT2D eigenvalue weighted by Gasteiger charge is -2.31. The first-order valence-electron chi connectivity index (χ1n) is 13.8. The summed E-state index contributed by atoms with van der Waals surface area (Å²) in [5, 5.41) is 13.4. The summed E-state index contributed by atoms with van der Waals surface area (Å²) in [7, 11) is 0. The molecule has 0 bridgehead atoms. The van der Waals surface area contributed by atoms with E-state index in [-0.39, 0.29) is 11.9 Å². The van der Waals surface area contributed by atoms with Crippen molar-refractivity contribution in [3.05, 3.63) is 100 Å². The second-order valence-corrected chi connectivity index (χ2v) is 11.5. The van der Waals surface area contributed by atoms with Gasteiger partial charge >= 0.3 is 5.97 Å². The van der Waals surface area contributed by atoms with Crippen molar-refractivity contribution in [3.8, 4) is 5.75 Å². The van der Waals surface area contributed by atoms with Crippen LogP contribution in [0.3, 0.4) is 0 Å². The lowest BCUT2D eigenvalue weighted by molar-refractivity contribution is -0.144. The topological polar surface area (TPSA) is 80.6 Å². The molecule has 1 aromatic heterocycles. The van der Waals surface area contributed by atoms with Crippen LogP contribution in [0, 0.1) is 13.8 Å². The number of nitrogens with zero attached hydrogens (tertiary/aromatic N) is 1. The van der Waals surface area contributed by atoms with Crippen molar-refractivity contribution in [1.82, 2.24) is 9.88 Å². The van der Waals surface area contributed by atoms with Gasteiger partial charge < -0.3 is 19.7 Å². The summed E-state index contributed by atoms with van der Waals surface area (Å²) in [6.45, 7) is 16.3. The van der Waals surface area contributed by atoms with Gasteiger partial charge in [-0.3, -0.25) is 4.79 Å². The van der Waals surface area contributed by atoms with E-state index < -0.39 is 17.6 Å². The van der Waals surface area contributed by atoms with Gasteiger partial charge in [-0.15, -0.1) is 0 Å². The molecule has 210 valence electrons. The summed E-state index contributed by atoms with van der Waals surface area (Å²) in [4.78, 5) is 24.6. The third-order valence-corrected chi connectivity index (χ3v) is 7.97. The molecule has 0 saturated carbocycles. The Morgan fingerprint density at radius 3 is 2.25 bits per heavy atom. The first kappa shape index (κ1) is 28.9. The van der Waals surface area contributed by atoms with Crippen LogP contribution in [0.1, 0.15) is 91.8 Å². The van der Waals surface area contributed by atoms with E-state index in [0.29, 0.717) is 17.2 Å². The highest BCUT2D eigenvalue weighted by atomic mass is 16.5. The van der Waals surface area contributed by atoms with E-state index in [2.05, 4.69) is 69.6 Å². The van der Waals surface area contributed by atoms with Crippen LogP contribution in [0.2, 0.25) is 0 Å². The molecule has 1 amide bonds. The van der Waals surface area contributed by atoms with Crippen molar-refractivity contribution in [2.45, 2.75) is 79.0 Å². The van der Waals surface area contributed by atoms with Crippen LogP contribution in [0.25, 0.3) is 10.9 Å². The van der Waals surface area contributed by atoms with Crippen molar-refractivity contribution in [2.24, 2.45) is 0 Å². The Balaban J connectivity index is 1.65. The zero-order chi connectivity index (χ0) is 29.4. The van der Waals surface area contributed by atoms with Gasteiger partial charge in [-0.25, -0.2) is 4.79 Å². The molecule has 0 spiro atoms. The van der Waals surface area contributed by atoms with Gasteiger partial charge in [0, 0.05) is 22.2 Å². The molecule has 2 unspecified atom stereocenters. The Bertz CT molecular complexity index is 1560. The van der Waals surface area contributed by atoms with Gasteiger partial charge in [0.2, 0.25) is 0 Å². The van der Waals surface area contributed by atoms with Crippen molar-refractivity contribution < 1.29 is 19.4 Å². The van der Waals surface area contributed by atoms with Crippen LogP contribution in [0.4, 0.5) is 0 Å². The number of amides is 1. The van der Waals surface area contributed by atoms with Crippen molar-refractivity contribution >= 4 is 22.8 Å². The van der Waals surface area contributed by atoms with Gasteiger partial charge in [0.15, 0.2) is 6.10 Å². The van der Waals surface area contributed by atoms with E-state index in [0.717, 1.165) is 33.3 Å². The lowest BCUT2D eigenvalue weighted by Crippen LogP contribution is -2.29. The Morgan fingerprint density at radius 2 is 1.57 bits per heavy atom. The van der Waals surface area contributed by atoms with E-state index in [9.17, 15) is 14.7 Å². The minimum absolute atomic E-state index is 0.106. The second-order valence-electron chi connectivity index (χ2n) is 11.5. The molecular weight excluding hydrogens is 500 g/mol. The molecule has 4 aromatic rings. The molecule has 0 aliphatic rings. The molecule has 0 radical (unpaired) electrons. The number of ether oxygens (including phenoxy) is 1. The molecule has 2 N–H and O–H groups in total. The Labute approximate surface area is 237 Å². The summed E-state index contributed by atoms with van der Waals surface area (Å²) < 4.78 is 7.92. The quantitative estimate of drug-likeness (QED) is 0.230. The molecule has 1 heterocycles. The number of carbonyl (C=O) groups is 2. The number of carbonyl (C=O) groups excluding carboxylic acids is 1. The molecular formula is C34H40N2O4. The Hall–Kier alpha value is -4.06. The normalized spacial score (nSPS) is 13.3. The van der Waals surface area contributed by atoms with Gasteiger partial charge in [0.05, 0.1) is 11.6 Å². The molecule has 0 saturated heterocycles. The molecule has 2 atom stereocenters. The number of aliphatic carboxylic acids is 1. The molecule has 4 rings (SSSR count). The van der Waals surface area contributed by atoms with Crippen LogP contribution in [0.5, 0.6) is 5.75 Å². The summed E-state index contributed by atoms with van der Waals surface area (Å²) >= 11 is 0. The number of rotatable bonds is 9. The number of nitrogens with one attached hydrogen (secondary N) is 1. The van der Waals surface area contributed by atoms with Gasteiger partial charge in [0.25, 0.3) is 5.91 Å². The van der Waals surface area contributed by atoms with Crippen molar-refractivity contribution in [1.29, 1.82) is 0 Å². The Kier molecular flexibility index (Phi) is 8.10. The third kappa shape index (κ3) is 5.62. The van der Waals surface area contributed by atoms with Crippen LogP contribution in [-0.2, 0) is 10.3 Å². The molecule has 6 heteroatoms. The smallest absolute Gasteiger partial charge is 0.344 e. The number of aromatic nitrogens is 1. The predicted molar refractivity (Wildman–Crippen MR) is 160 cm³/mol. The fourth-order valence-electron chi connectivity index (χ4n) is 5.32. The number of hydrogen-bond acceptors (Lipinski definition) is 3. The minimum atomic E-state index is -1.01. The fourth-order valence-corrected chi connectivity index (χ4v) is 5.32. The average molecular weight is 541 g/mol. The maximum atomic E-state index is 13.3. The SMILES string of the molecule is Cc1c(C)n(C(C)(C)c2cccc(OC(C)C(=O)O)c2)c2ccc(C(=O)NC(C)c3cccc(C(C)C)c3)cc12. The largest absolute Gasteiger partial charge is 0.479 e. The monoisotopic (exact) mass is 540 g/mol. The second kappa shape index (κ2) is 11.2. The number of aryl methyl sites for hydroxylation is 1. The van der Waals surface area contributed by atoms with E-state index in [1.807, 2.05) is 49.4 Å². The van der Waals surface area contributed by atoms with Crippen molar-refractivity contribution in [2.75, 3.05) is 0 Å². The van der Waals surface area contributed by atoms with Gasteiger partial charge in [-0.1, -0.05) is 50.2 Å². The maximum absolute atomic E-state index is 13.3. The van der Waals surface area contributed by atoms with Crippen LogP contribution >= 0.6 is 0 Å². The average Bonchev–Trinajstić information content (AvgIpc) is 3.18. The van der Waals surface area contributed by atoms with Gasteiger partial charge in [-0.2, -0.15) is 0 Å². The summed E-state index contributed by atoms with van der Waals surface area (Å²) in [6.07, 6.45) is -0.943. The molecule has 6 nitrogen and oxygen atoms in total. The first-order chi connectivity index (χ1) is 18.8. The number of carboxylic acids is 1. The van der Waals surface area contributed by atoms with E-state index in [1.165, 1.54) is 12.5 Å². The number of hydrogen-bond donors (Lipinski definition) is 2. The zero-order valence-electron chi connectivity index (χ0n) is 24.7. The maximum Gasteiger partial charge on any atom is 0.344 e. The Morgan fingerprint density at radius 1 is 0.900 bits per heavy atom. The summed E-state index contributed by atoms with van der Waals surface area (Å²) in [5.74, 6) is -0.178. The van der Waals surface area contributed by atoms with E-state index in [1.54, 1.807) is 6.07 Å². The van der Waals surface area contributed by atoms with Crippen LogP contribution in [0.15, 0.2) is 66.7 Å². The predicted octanol–water partition coefficient (Wildman–Crippen LogP) is 7.51. The number of fused-ring (bicyclic) bond motifs is 1. The summed E-state index contributed by atoms with van der Waals surface area (Å²) in [5.41, 5.74) is 6.72. The van der Waals surface area contributed by atoms with Gasteiger partial charge in [0.1, 0.15) is 5.75 Å². The van der Waals surface area contributed by atoms with E-state index in [4.69, 9.17) is 4.74 Å². The van der Waals surface area contributed by atoms with Crippen LogP contribution < -0.4 is 10.1 Å². The standard InChI is InChI=1S/C34H40N2O4/c1-20(2)25-11-9-12-26(17-25)22(4)35-32(37)27-15-16-31-30(18-27)21(3)23(5)36(31)34(7,8)28-13-10-14-29(19-28)40-24(6)33(38)39/h9-20,22,24H,1-8H3,(H,35,37)(H,38,39). The zero-order valence-corrected chi connectivity index (χ0v) is 24.7. The number of benzene rings is 3.